The first-order valence-corrected chi connectivity index (χ1v) is 7.06. The van der Waals surface area contributed by atoms with Crippen molar-refractivity contribution in [2.75, 3.05) is 0 Å². The van der Waals surface area contributed by atoms with E-state index in [4.69, 9.17) is 16.0 Å². The second-order valence-corrected chi connectivity index (χ2v) is 6.87. The van der Waals surface area contributed by atoms with Gasteiger partial charge < -0.3 is 4.42 Å². The highest BCUT2D eigenvalue weighted by Gasteiger charge is 2.51. The molecule has 0 unspecified atom stereocenters. The van der Waals surface area contributed by atoms with Gasteiger partial charge in [-0.15, -0.1) is 5.10 Å². The van der Waals surface area contributed by atoms with E-state index in [0.717, 1.165) is 30.1 Å². The lowest BCUT2D eigenvalue weighted by molar-refractivity contribution is -0.0551. The Hall–Kier alpha value is -0.570. The van der Waals surface area contributed by atoms with E-state index in [1.807, 2.05) is 0 Å². The molecule has 0 aliphatic heterocycles. The molecule has 1 heterocycles. The summed E-state index contributed by atoms with van der Waals surface area (Å²) >= 11 is 5.71. The molecule has 1 aromatic heterocycles. The topological polar surface area (TPSA) is 38.9 Å². The van der Waals surface area contributed by atoms with Crippen LogP contribution >= 0.6 is 11.6 Å². The van der Waals surface area contributed by atoms with Crippen LogP contribution in [0.4, 0.5) is 0 Å². The first kappa shape index (κ1) is 10.4. The minimum absolute atomic E-state index is 0.185. The summed E-state index contributed by atoms with van der Waals surface area (Å²) in [5, 5.41) is 7.99. The van der Waals surface area contributed by atoms with Gasteiger partial charge >= 0.3 is 5.35 Å². The first-order chi connectivity index (χ1) is 8.21. The van der Waals surface area contributed by atoms with Gasteiger partial charge in [-0.2, -0.15) is 0 Å². The van der Waals surface area contributed by atoms with Gasteiger partial charge in [0.2, 0.25) is 5.89 Å². The fourth-order valence-electron chi connectivity index (χ4n) is 5.13. The van der Waals surface area contributed by atoms with Crippen LogP contribution in [0, 0.1) is 23.2 Å². The molecule has 17 heavy (non-hydrogen) atoms. The van der Waals surface area contributed by atoms with Crippen LogP contribution in [-0.2, 0) is 6.42 Å². The SMILES string of the molecule is Clc1nnc(CC23CC4CC(CC(C4)C2)C3)o1. The molecule has 4 aliphatic carbocycles. The number of halogens is 1. The van der Waals surface area contributed by atoms with Crippen LogP contribution in [0.25, 0.3) is 0 Å². The molecule has 1 aromatic rings. The van der Waals surface area contributed by atoms with E-state index >= 15 is 0 Å². The maximum atomic E-state index is 5.71. The normalized spacial score (nSPS) is 43.2. The van der Waals surface area contributed by atoms with E-state index in [-0.39, 0.29) is 5.35 Å². The van der Waals surface area contributed by atoms with Crippen LogP contribution in [0.1, 0.15) is 44.4 Å². The Labute approximate surface area is 106 Å². The van der Waals surface area contributed by atoms with Gasteiger partial charge in [0.1, 0.15) is 0 Å². The van der Waals surface area contributed by atoms with E-state index < -0.39 is 0 Å². The molecule has 0 N–H and O–H groups in total. The van der Waals surface area contributed by atoms with Crippen molar-refractivity contribution in [2.45, 2.75) is 44.9 Å². The van der Waals surface area contributed by atoms with Crippen molar-refractivity contribution in [3.8, 4) is 0 Å². The van der Waals surface area contributed by atoms with Gasteiger partial charge in [-0.25, -0.2) is 0 Å². The zero-order chi connectivity index (χ0) is 11.5. The minimum atomic E-state index is 0.185. The lowest BCUT2D eigenvalue weighted by Gasteiger charge is -2.56. The molecule has 4 heteroatoms. The van der Waals surface area contributed by atoms with Crippen LogP contribution in [0.15, 0.2) is 4.42 Å². The summed E-state index contributed by atoms with van der Waals surface area (Å²) in [4.78, 5) is 0. The van der Waals surface area contributed by atoms with Crippen LogP contribution < -0.4 is 0 Å². The molecule has 0 radical (unpaired) electrons. The number of hydrogen-bond acceptors (Lipinski definition) is 3. The van der Waals surface area contributed by atoms with Crippen LogP contribution in [-0.4, -0.2) is 10.2 Å². The summed E-state index contributed by atoms with van der Waals surface area (Å²) < 4.78 is 5.37. The number of nitrogens with zero attached hydrogens (tertiary/aromatic N) is 2. The lowest BCUT2D eigenvalue weighted by atomic mass is 9.49. The van der Waals surface area contributed by atoms with Crippen molar-refractivity contribution < 1.29 is 4.42 Å². The lowest BCUT2D eigenvalue weighted by Crippen LogP contribution is -2.47. The maximum Gasteiger partial charge on any atom is 0.312 e. The molecule has 5 rings (SSSR count). The molecule has 4 saturated carbocycles. The third kappa shape index (κ3) is 1.70. The molecule has 0 spiro atoms. The van der Waals surface area contributed by atoms with Crippen molar-refractivity contribution in [3.63, 3.8) is 0 Å². The summed E-state index contributed by atoms with van der Waals surface area (Å²) in [6.07, 6.45) is 9.50. The number of aromatic nitrogens is 2. The van der Waals surface area contributed by atoms with E-state index in [2.05, 4.69) is 10.2 Å². The van der Waals surface area contributed by atoms with Crippen LogP contribution in [0.5, 0.6) is 0 Å². The van der Waals surface area contributed by atoms with Gasteiger partial charge in [-0.3, -0.25) is 0 Å². The van der Waals surface area contributed by atoms with Crippen LogP contribution in [0.2, 0.25) is 5.35 Å². The molecule has 0 atom stereocenters. The van der Waals surface area contributed by atoms with Crippen molar-refractivity contribution in [1.29, 1.82) is 0 Å². The average Bonchev–Trinajstić information content (AvgIpc) is 2.60. The number of rotatable bonds is 2. The van der Waals surface area contributed by atoms with Gasteiger partial charge in [0.05, 0.1) is 0 Å². The van der Waals surface area contributed by atoms with Crippen molar-refractivity contribution in [2.24, 2.45) is 23.2 Å². The predicted octanol–water partition coefficient (Wildman–Crippen LogP) is 3.48. The Balaban J connectivity index is 1.60. The highest BCUT2D eigenvalue weighted by molar-refractivity contribution is 6.27. The molecule has 4 aliphatic rings. The zero-order valence-electron chi connectivity index (χ0n) is 9.86. The van der Waals surface area contributed by atoms with Gasteiger partial charge in [0, 0.05) is 6.42 Å². The minimum Gasteiger partial charge on any atom is -0.412 e. The Morgan fingerprint density at radius 2 is 1.65 bits per heavy atom. The average molecular weight is 253 g/mol. The Morgan fingerprint density at radius 1 is 1.06 bits per heavy atom. The standard InChI is InChI=1S/C13H17ClN2O/c14-12-16-15-11(17-12)7-13-4-8-1-9(5-13)3-10(2-8)6-13/h8-10H,1-7H2. The van der Waals surface area contributed by atoms with E-state index in [1.165, 1.54) is 38.5 Å². The molecule has 4 bridgehead atoms. The monoisotopic (exact) mass is 252 g/mol. The summed E-state index contributed by atoms with van der Waals surface area (Å²) in [6, 6.07) is 0. The second-order valence-electron chi connectivity index (χ2n) is 6.54. The van der Waals surface area contributed by atoms with E-state index in [1.54, 1.807) is 0 Å². The smallest absolute Gasteiger partial charge is 0.312 e. The Bertz CT molecular complexity index is 407. The molecule has 3 nitrogen and oxygen atoms in total. The third-order valence-corrected chi connectivity index (χ3v) is 5.29. The summed E-state index contributed by atoms with van der Waals surface area (Å²) in [7, 11) is 0. The van der Waals surface area contributed by atoms with Crippen LogP contribution in [0.3, 0.4) is 0 Å². The van der Waals surface area contributed by atoms with Gasteiger partial charge in [-0.05, 0) is 73.3 Å². The van der Waals surface area contributed by atoms with Gasteiger partial charge in [0.15, 0.2) is 0 Å². The van der Waals surface area contributed by atoms with E-state index in [0.29, 0.717) is 5.41 Å². The van der Waals surface area contributed by atoms with Gasteiger partial charge in [0.25, 0.3) is 0 Å². The largest absolute Gasteiger partial charge is 0.412 e. The molecule has 92 valence electrons. The molecule has 0 saturated heterocycles. The van der Waals surface area contributed by atoms with Gasteiger partial charge in [-0.1, -0.05) is 5.10 Å². The van der Waals surface area contributed by atoms with Crippen molar-refractivity contribution >= 4 is 11.6 Å². The van der Waals surface area contributed by atoms with E-state index in [9.17, 15) is 0 Å². The predicted molar refractivity (Wildman–Crippen MR) is 63.6 cm³/mol. The zero-order valence-corrected chi connectivity index (χ0v) is 10.6. The fraction of sp³-hybridized carbons (Fsp3) is 0.846. The Morgan fingerprint density at radius 3 is 2.12 bits per heavy atom. The fourth-order valence-corrected chi connectivity index (χ4v) is 5.26. The maximum absolute atomic E-state index is 5.71. The second kappa shape index (κ2) is 3.47. The van der Waals surface area contributed by atoms with Crippen molar-refractivity contribution in [1.82, 2.24) is 10.2 Å². The molecule has 0 amide bonds. The summed E-state index contributed by atoms with van der Waals surface area (Å²) in [5.41, 5.74) is 0.463. The molecule has 0 aromatic carbocycles. The van der Waals surface area contributed by atoms with Crippen molar-refractivity contribution in [3.05, 3.63) is 11.2 Å². The quantitative estimate of drug-likeness (QED) is 0.809. The molecular weight excluding hydrogens is 236 g/mol. The highest BCUT2D eigenvalue weighted by Crippen LogP contribution is 2.60. The Kier molecular flexibility index (Phi) is 2.11. The first-order valence-electron chi connectivity index (χ1n) is 6.69. The molecule has 4 fully saturated rings. The summed E-state index contributed by atoms with van der Waals surface area (Å²) in [5.74, 6) is 3.66. The third-order valence-electron chi connectivity index (χ3n) is 5.13. The molecular formula is C13H17ClN2O. The highest BCUT2D eigenvalue weighted by atomic mass is 35.5. The summed E-state index contributed by atoms with van der Waals surface area (Å²) in [6.45, 7) is 0. The number of hydrogen-bond donors (Lipinski definition) is 0.